The molecule has 4 nitrogen and oxygen atoms in total. The molecule has 0 amide bonds. The standard InChI is InChI=1S/C13H11Cl2N3O/c1-5-10-11(15)12(16-17(10)4)13-7(2)6-9(14)8(3)18(13)19/h1,6H,2-4H3. The van der Waals surface area contributed by atoms with Gasteiger partial charge in [0.1, 0.15) is 15.7 Å². The van der Waals surface area contributed by atoms with Crippen LogP contribution >= 0.6 is 23.2 Å². The van der Waals surface area contributed by atoms with Crippen molar-refractivity contribution in [3.05, 3.63) is 38.3 Å². The molecule has 0 fully saturated rings. The second kappa shape index (κ2) is 4.76. The second-order valence-electron chi connectivity index (χ2n) is 4.18. The van der Waals surface area contributed by atoms with Crippen molar-refractivity contribution in [1.29, 1.82) is 0 Å². The smallest absolute Gasteiger partial charge is 0.249 e. The molecule has 2 rings (SSSR count). The minimum atomic E-state index is 0.291. The highest BCUT2D eigenvalue weighted by Crippen LogP contribution is 2.30. The molecule has 2 aromatic heterocycles. The van der Waals surface area contributed by atoms with Crippen molar-refractivity contribution in [3.63, 3.8) is 0 Å². The van der Waals surface area contributed by atoms with Crippen molar-refractivity contribution in [1.82, 2.24) is 9.78 Å². The number of aryl methyl sites for hydroxylation is 2. The molecule has 0 bridgehead atoms. The molecule has 98 valence electrons. The van der Waals surface area contributed by atoms with Crippen molar-refractivity contribution >= 4 is 23.2 Å². The van der Waals surface area contributed by atoms with Crippen LogP contribution in [0.5, 0.6) is 0 Å². The first-order valence-electron chi connectivity index (χ1n) is 5.47. The number of hydrogen-bond acceptors (Lipinski definition) is 2. The Hall–Kier alpha value is -1.70. The van der Waals surface area contributed by atoms with Crippen LogP contribution in [0.15, 0.2) is 6.07 Å². The van der Waals surface area contributed by atoms with Gasteiger partial charge in [-0.15, -0.1) is 6.42 Å². The summed E-state index contributed by atoms with van der Waals surface area (Å²) < 4.78 is 2.20. The molecule has 0 aromatic carbocycles. The van der Waals surface area contributed by atoms with E-state index in [2.05, 4.69) is 11.0 Å². The maximum absolute atomic E-state index is 12.2. The largest absolute Gasteiger partial charge is 0.618 e. The Balaban J connectivity index is 2.81. The van der Waals surface area contributed by atoms with Gasteiger partial charge < -0.3 is 5.21 Å². The van der Waals surface area contributed by atoms with Crippen molar-refractivity contribution in [2.24, 2.45) is 7.05 Å². The molecule has 2 aromatic rings. The van der Waals surface area contributed by atoms with E-state index < -0.39 is 0 Å². The van der Waals surface area contributed by atoms with E-state index >= 15 is 0 Å². The number of halogens is 2. The monoisotopic (exact) mass is 295 g/mol. The van der Waals surface area contributed by atoms with Gasteiger partial charge in [-0.3, -0.25) is 4.68 Å². The van der Waals surface area contributed by atoms with E-state index in [-0.39, 0.29) is 0 Å². The summed E-state index contributed by atoms with van der Waals surface area (Å²) in [5.41, 5.74) is 2.25. The SMILES string of the molecule is C#Cc1c(Cl)c(-c2c(C)cc(Cl)c(C)[n+]2[O-])nn1C. The van der Waals surface area contributed by atoms with E-state index in [9.17, 15) is 5.21 Å². The van der Waals surface area contributed by atoms with Gasteiger partial charge in [0, 0.05) is 19.5 Å². The molecule has 0 aliphatic rings. The lowest BCUT2D eigenvalue weighted by atomic mass is 10.1. The van der Waals surface area contributed by atoms with E-state index in [1.807, 2.05) is 0 Å². The molecule has 0 aliphatic heterocycles. The third-order valence-electron chi connectivity index (χ3n) is 2.92. The first-order chi connectivity index (χ1) is 8.88. The molecule has 6 heteroatoms. The summed E-state index contributed by atoms with van der Waals surface area (Å²) in [4.78, 5) is 0. The molecule has 19 heavy (non-hydrogen) atoms. The molecule has 0 atom stereocenters. The Bertz CT molecular complexity index is 714. The van der Waals surface area contributed by atoms with Gasteiger partial charge in [-0.05, 0) is 18.9 Å². The summed E-state index contributed by atoms with van der Waals surface area (Å²) in [5.74, 6) is 2.45. The molecular weight excluding hydrogens is 285 g/mol. The van der Waals surface area contributed by atoms with Crippen LogP contribution in [-0.4, -0.2) is 9.78 Å². The molecule has 0 unspecified atom stereocenters. The second-order valence-corrected chi connectivity index (χ2v) is 4.97. The quantitative estimate of drug-likeness (QED) is 0.461. The fraction of sp³-hybridized carbons (Fsp3) is 0.231. The average molecular weight is 296 g/mol. The van der Waals surface area contributed by atoms with E-state index in [0.717, 1.165) is 4.73 Å². The number of terminal acetylenes is 1. The highest BCUT2D eigenvalue weighted by Gasteiger charge is 2.25. The third kappa shape index (κ3) is 2.05. The molecule has 2 heterocycles. The Morgan fingerprint density at radius 3 is 2.58 bits per heavy atom. The number of hydrogen-bond donors (Lipinski definition) is 0. The lowest BCUT2D eigenvalue weighted by Gasteiger charge is -2.09. The van der Waals surface area contributed by atoms with Gasteiger partial charge in [-0.2, -0.15) is 9.83 Å². The topological polar surface area (TPSA) is 44.8 Å². The van der Waals surface area contributed by atoms with Gasteiger partial charge >= 0.3 is 0 Å². The molecule has 0 spiro atoms. The lowest BCUT2D eigenvalue weighted by molar-refractivity contribution is -0.601. The van der Waals surface area contributed by atoms with E-state index in [1.165, 1.54) is 4.68 Å². The Morgan fingerprint density at radius 1 is 1.42 bits per heavy atom. The van der Waals surface area contributed by atoms with Gasteiger partial charge in [0.25, 0.3) is 0 Å². The van der Waals surface area contributed by atoms with Crippen LogP contribution in [0, 0.1) is 31.4 Å². The Morgan fingerprint density at radius 2 is 2.05 bits per heavy atom. The van der Waals surface area contributed by atoms with Crippen LogP contribution in [0.4, 0.5) is 0 Å². The molecule has 0 radical (unpaired) electrons. The highest BCUT2D eigenvalue weighted by molar-refractivity contribution is 6.34. The summed E-state index contributed by atoms with van der Waals surface area (Å²) in [6, 6.07) is 1.71. The Labute approximate surface area is 121 Å². The summed E-state index contributed by atoms with van der Waals surface area (Å²) in [6.07, 6.45) is 5.37. The highest BCUT2D eigenvalue weighted by atomic mass is 35.5. The van der Waals surface area contributed by atoms with E-state index in [4.69, 9.17) is 29.6 Å². The number of nitrogens with zero attached hydrogens (tertiary/aromatic N) is 3. The van der Waals surface area contributed by atoms with Crippen molar-refractivity contribution in [3.8, 4) is 23.7 Å². The molecule has 0 saturated heterocycles. The van der Waals surface area contributed by atoms with Crippen molar-refractivity contribution in [2.75, 3.05) is 0 Å². The van der Waals surface area contributed by atoms with E-state index in [1.54, 1.807) is 27.0 Å². The molecule has 0 aliphatic carbocycles. The van der Waals surface area contributed by atoms with Crippen LogP contribution in [0.25, 0.3) is 11.4 Å². The molecule has 0 saturated carbocycles. The van der Waals surface area contributed by atoms with Crippen molar-refractivity contribution in [2.45, 2.75) is 13.8 Å². The predicted octanol–water partition coefficient (Wildman–Crippen LogP) is 2.63. The zero-order valence-electron chi connectivity index (χ0n) is 10.7. The average Bonchev–Trinajstić information content (AvgIpc) is 2.62. The predicted molar refractivity (Wildman–Crippen MR) is 75.0 cm³/mol. The van der Waals surface area contributed by atoms with Crippen LogP contribution in [-0.2, 0) is 7.05 Å². The van der Waals surface area contributed by atoms with E-state index in [0.29, 0.717) is 38.4 Å². The van der Waals surface area contributed by atoms with Crippen LogP contribution in [0.1, 0.15) is 17.0 Å². The third-order valence-corrected chi connectivity index (χ3v) is 3.66. The Kier molecular flexibility index (Phi) is 3.44. The minimum Gasteiger partial charge on any atom is -0.618 e. The van der Waals surface area contributed by atoms with Gasteiger partial charge in [0.15, 0.2) is 5.69 Å². The summed E-state index contributed by atoms with van der Waals surface area (Å²) in [5, 5.41) is 17.2. The normalized spacial score (nSPS) is 10.5. The molecule has 0 N–H and O–H groups in total. The first-order valence-corrected chi connectivity index (χ1v) is 6.22. The summed E-state index contributed by atoms with van der Waals surface area (Å²) in [7, 11) is 1.68. The van der Waals surface area contributed by atoms with Crippen molar-refractivity contribution < 1.29 is 4.73 Å². The number of aromatic nitrogens is 3. The minimum absolute atomic E-state index is 0.291. The van der Waals surface area contributed by atoms with Gasteiger partial charge in [0.05, 0.1) is 0 Å². The lowest BCUT2D eigenvalue weighted by Crippen LogP contribution is -2.34. The fourth-order valence-electron chi connectivity index (χ4n) is 1.88. The summed E-state index contributed by atoms with van der Waals surface area (Å²) in [6.45, 7) is 3.41. The molecular formula is C13H11Cl2N3O. The van der Waals surface area contributed by atoms with Gasteiger partial charge in [0.2, 0.25) is 11.4 Å². The van der Waals surface area contributed by atoms with Gasteiger partial charge in [-0.25, -0.2) is 0 Å². The fourth-order valence-corrected chi connectivity index (χ4v) is 2.42. The maximum atomic E-state index is 12.2. The van der Waals surface area contributed by atoms with Crippen LogP contribution in [0.3, 0.4) is 0 Å². The summed E-state index contributed by atoms with van der Waals surface area (Å²) >= 11 is 12.2. The number of rotatable bonds is 1. The first kappa shape index (κ1) is 13.7. The van der Waals surface area contributed by atoms with Crippen LogP contribution in [0.2, 0.25) is 10.0 Å². The van der Waals surface area contributed by atoms with Crippen LogP contribution < -0.4 is 4.73 Å². The van der Waals surface area contributed by atoms with Gasteiger partial charge in [-0.1, -0.05) is 23.2 Å². The zero-order valence-corrected chi connectivity index (χ0v) is 12.2. The zero-order chi connectivity index (χ0) is 14.3. The maximum Gasteiger partial charge on any atom is 0.249 e. The number of pyridine rings is 1.